The molecule has 1 aromatic rings. The van der Waals surface area contributed by atoms with Gasteiger partial charge in [-0.1, -0.05) is 11.6 Å². The third kappa shape index (κ3) is 3.82. The molecule has 0 atom stereocenters. The molecule has 104 valence electrons. The fraction of sp³-hybridized carbons (Fsp3) is 0.417. The first-order valence-electron chi connectivity index (χ1n) is 5.64. The zero-order valence-corrected chi connectivity index (χ0v) is 11.7. The largest absolute Gasteiger partial charge is 0.478 e. The van der Waals surface area contributed by atoms with Crippen molar-refractivity contribution >= 4 is 29.3 Å². The third-order valence-corrected chi connectivity index (χ3v) is 2.84. The number of halogens is 1. The molecule has 1 rings (SSSR count). The van der Waals surface area contributed by atoms with Gasteiger partial charge >= 0.3 is 5.97 Å². The van der Waals surface area contributed by atoms with Crippen molar-refractivity contribution in [3.8, 4) is 0 Å². The van der Waals surface area contributed by atoms with Crippen LogP contribution in [0, 0.1) is 5.41 Å². The molecule has 0 aliphatic rings. The fourth-order valence-corrected chi connectivity index (χ4v) is 1.61. The molecule has 0 bridgehead atoms. The maximum atomic E-state index is 11.6. The molecule has 0 radical (unpaired) electrons. The number of rotatable bonds is 5. The van der Waals surface area contributed by atoms with Gasteiger partial charge in [-0.15, -0.1) is 0 Å². The van der Waals surface area contributed by atoms with Crippen molar-refractivity contribution in [1.29, 1.82) is 0 Å². The van der Waals surface area contributed by atoms with E-state index in [0.717, 1.165) is 0 Å². The van der Waals surface area contributed by atoms with Crippen molar-refractivity contribution in [2.75, 3.05) is 18.9 Å². The van der Waals surface area contributed by atoms with Crippen LogP contribution in [0.4, 0.5) is 5.82 Å². The predicted octanol–water partition coefficient (Wildman–Crippen LogP) is 1.62. The number of aromatic carboxylic acids is 1. The van der Waals surface area contributed by atoms with E-state index < -0.39 is 11.4 Å². The second kappa shape index (κ2) is 5.88. The summed E-state index contributed by atoms with van der Waals surface area (Å²) < 4.78 is 0. The lowest BCUT2D eigenvalue weighted by Gasteiger charge is -2.23. The van der Waals surface area contributed by atoms with Crippen molar-refractivity contribution in [1.82, 2.24) is 10.3 Å². The van der Waals surface area contributed by atoms with Crippen LogP contribution in [0.2, 0.25) is 5.15 Å². The van der Waals surface area contributed by atoms with Gasteiger partial charge in [-0.25, -0.2) is 9.78 Å². The topological polar surface area (TPSA) is 91.3 Å². The van der Waals surface area contributed by atoms with Crippen LogP contribution in [-0.4, -0.2) is 35.6 Å². The molecule has 0 saturated carbocycles. The standard InChI is InChI=1S/C12H16ClN3O3/c1-12(2,11(19)14-3)6-15-9-7(10(17)18)4-5-8(13)16-9/h4-5H,6H2,1-3H3,(H,14,19)(H,15,16)(H,17,18). The molecule has 1 amide bonds. The van der Waals surface area contributed by atoms with E-state index in [0.29, 0.717) is 0 Å². The van der Waals surface area contributed by atoms with Gasteiger partial charge in [-0.3, -0.25) is 4.79 Å². The summed E-state index contributed by atoms with van der Waals surface area (Å²) in [5.41, 5.74) is -0.689. The molecule has 0 fully saturated rings. The van der Waals surface area contributed by atoms with Crippen LogP contribution >= 0.6 is 11.6 Å². The molecule has 3 N–H and O–H groups in total. The second-order valence-corrected chi connectivity index (χ2v) is 5.04. The summed E-state index contributed by atoms with van der Waals surface area (Å²) >= 11 is 5.74. The molecule has 1 aromatic heterocycles. The molecule has 0 aliphatic heterocycles. The molecule has 6 nitrogen and oxygen atoms in total. The maximum absolute atomic E-state index is 11.6. The van der Waals surface area contributed by atoms with Crippen LogP contribution in [0.3, 0.4) is 0 Å². The zero-order valence-electron chi connectivity index (χ0n) is 11.0. The van der Waals surface area contributed by atoms with E-state index in [9.17, 15) is 9.59 Å². The van der Waals surface area contributed by atoms with Crippen LogP contribution in [0.1, 0.15) is 24.2 Å². The first-order chi connectivity index (χ1) is 8.77. The average molecular weight is 286 g/mol. The van der Waals surface area contributed by atoms with Gasteiger partial charge in [0.2, 0.25) is 5.91 Å². The minimum atomic E-state index is -1.11. The Labute approximate surface area is 116 Å². The van der Waals surface area contributed by atoms with Crippen LogP contribution in [0.5, 0.6) is 0 Å². The highest BCUT2D eigenvalue weighted by molar-refractivity contribution is 6.29. The lowest BCUT2D eigenvalue weighted by molar-refractivity contribution is -0.128. The number of carboxylic acids is 1. The Balaban J connectivity index is 2.91. The summed E-state index contributed by atoms with van der Waals surface area (Å²) in [4.78, 5) is 26.6. The average Bonchev–Trinajstić information content (AvgIpc) is 2.35. The van der Waals surface area contributed by atoms with Crippen molar-refractivity contribution in [3.05, 3.63) is 22.8 Å². The Bertz CT molecular complexity index is 503. The summed E-state index contributed by atoms with van der Waals surface area (Å²) in [7, 11) is 1.55. The van der Waals surface area contributed by atoms with Crippen molar-refractivity contribution < 1.29 is 14.7 Å². The first-order valence-corrected chi connectivity index (χ1v) is 6.01. The predicted molar refractivity (Wildman–Crippen MR) is 72.5 cm³/mol. The molecule has 0 aliphatic carbocycles. The zero-order chi connectivity index (χ0) is 14.6. The normalized spacial score (nSPS) is 10.9. The van der Waals surface area contributed by atoms with Gasteiger partial charge in [0.05, 0.1) is 5.41 Å². The van der Waals surface area contributed by atoms with Gasteiger partial charge in [-0.05, 0) is 26.0 Å². The van der Waals surface area contributed by atoms with Gasteiger partial charge in [0.1, 0.15) is 16.5 Å². The molecular formula is C12H16ClN3O3. The quantitative estimate of drug-likeness (QED) is 0.715. The van der Waals surface area contributed by atoms with E-state index in [-0.39, 0.29) is 29.0 Å². The number of pyridine rings is 1. The summed E-state index contributed by atoms with van der Waals surface area (Å²) in [5.74, 6) is -1.11. The number of nitrogens with one attached hydrogen (secondary N) is 2. The third-order valence-electron chi connectivity index (χ3n) is 2.63. The number of nitrogens with zero attached hydrogens (tertiary/aromatic N) is 1. The minimum absolute atomic E-state index is 0.0112. The monoisotopic (exact) mass is 285 g/mol. The lowest BCUT2D eigenvalue weighted by atomic mass is 9.92. The van der Waals surface area contributed by atoms with Gasteiger partial charge in [0, 0.05) is 13.6 Å². The number of amides is 1. The first kappa shape index (κ1) is 15.2. The number of carbonyl (C=O) groups is 2. The minimum Gasteiger partial charge on any atom is -0.478 e. The van der Waals surface area contributed by atoms with Crippen LogP contribution in [0.25, 0.3) is 0 Å². The van der Waals surface area contributed by atoms with Crippen LogP contribution in [-0.2, 0) is 4.79 Å². The van der Waals surface area contributed by atoms with E-state index in [1.165, 1.54) is 12.1 Å². The SMILES string of the molecule is CNC(=O)C(C)(C)CNc1nc(Cl)ccc1C(=O)O. The van der Waals surface area contributed by atoms with Crippen LogP contribution in [0.15, 0.2) is 12.1 Å². The number of aromatic nitrogens is 1. The Kier molecular flexibility index (Phi) is 4.72. The van der Waals surface area contributed by atoms with E-state index in [1.807, 2.05) is 0 Å². The summed E-state index contributed by atoms with van der Waals surface area (Å²) in [6.45, 7) is 3.72. The summed E-state index contributed by atoms with van der Waals surface area (Å²) in [6, 6.07) is 2.77. The van der Waals surface area contributed by atoms with Gasteiger partial charge in [0.15, 0.2) is 0 Å². The molecule has 0 aromatic carbocycles. The Morgan fingerprint density at radius 1 is 1.42 bits per heavy atom. The fourth-order valence-electron chi connectivity index (χ4n) is 1.47. The smallest absolute Gasteiger partial charge is 0.339 e. The van der Waals surface area contributed by atoms with Gasteiger partial charge in [0.25, 0.3) is 0 Å². The molecular weight excluding hydrogens is 270 g/mol. The Hall–Kier alpha value is -1.82. The van der Waals surface area contributed by atoms with E-state index in [2.05, 4.69) is 15.6 Å². The Morgan fingerprint density at radius 3 is 2.58 bits per heavy atom. The van der Waals surface area contributed by atoms with Gasteiger partial charge in [-0.2, -0.15) is 0 Å². The summed E-state index contributed by atoms with van der Waals surface area (Å²) in [5, 5.41) is 14.6. The van der Waals surface area contributed by atoms with Gasteiger partial charge < -0.3 is 15.7 Å². The highest BCUT2D eigenvalue weighted by atomic mass is 35.5. The molecule has 0 saturated heterocycles. The molecule has 0 spiro atoms. The van der Waals surface area contributed by atoms with Crippen molar-refractivity contribution in [3.63, 3.8) is 0 Å². The van der Waals surface area contributed by atoms with E-state index in [1.54, 1.807) is 20.9 Å². The molecule has 7 heteroatoms. The maximum Gasteiger partial charge on any atom is 0.339 e. The number of carboxylic acid groups (broad SMARTS) is 1. The number of hydrogen-bond acceptors (Lipinski definition) is 4. The Morgan fingerprint density at radius 2 is 2.05 bits per heavy atom. The lowest BCUT2D eigenvalue weighted by Crippen LogP contribution is -2.39. The molecule has 1 heterocycles. The van der Waals surface area contributed by atoms with E-state index in [4.69, 9.17) is 16.7 Å². The van der Waals surface area contributed by atoms with Crippen molar-refractivity contribution in [2.24, 2.45) is 5.41 Å². The van der Waals surface area contributed by atoms with Crippen LogP contribution < -0.4 is 10.6 Å². The van der Waals surface area contributed by atoms with Crippen molar-refractivity contribution in [2.45, 2.75) is 13.8 Å². The number of anilines is 1. The summed E-state index contributed by atoms with van der Waals surface area (Å²) in [6.07, 6.45) is 0. The molecule has 0 unspecified atom stereocenters. The highest BCUT2D eigenvalue weighted by Crippen LogP contribution is 2.20. The molecule has 19 heavy (non-hydrogen) atoms. The number of hydrogen-bond donors (Lipinski definition) is 3. The second-order valence-electron chi connectivity index (χ2n) is 4.65. The van der Waals surface area contributed by atoms with E-state index >= 15 is 0 Å². The highest BCUT2D eigenvalue weighted by Gasteiger charge is 2.27. The number of carbonyl (C=O) groups excluding carboxylic acids is 1.